The first-order valence-corrected chi connectivity index (χ1v) is 6.05. The van der Waals surface area contributed by atoms with E-state index in [2.05, 4.69) is 29.1 Å². The van der Waals surface area contributed by atoms with Gasteiger partial charge >= 0.3 is 0 Å². The molecule has 0 aromatic carbocycles. The SMILES string of the molecule is C=C/C=C(\C=C)COCCCCCBr. The van der Waals surface area contributed by atoms with E-state index in [-0.39, 0.29) is 0 Å². The third kappa shape index (κ3) is 8.27. The second-order valence-electron chi connectivity index (χ2n) is 2.98. The number of halogens is 1. The summed E-state index contributed by atoms with van der Waals surface area (Å²) in [7, 11) is 0. The topological polar surface area (TPSA) is 9.23 Å². The molecule has 0 aliphatic carbocycles. The van der Waals surface area contributed by atoms with E-state index in [4.69, 9.17) is 4.74 Å². The van der Waals surface area contributed by atoms with Gasteiger partial charge in [-0.1, -0.05) is 53.7 Å². The van der Waals surface area contributed by atoms with Gasteiger partial charge in [0.1, 0.15) is 0 Å². The van der Waals surface area contributed by atoms with Crippen molar-refractivity contribution in [1.82, 2.24) is 0 Å². The maximum Gasteiger partial charge on any atom is 0.0716 e. The highest BCUT2D eigenvalue weighted by molar-refractivity contribution is 9.09. The second-order valence-corrected chi connectivity index (χ2v) is 3.78. The maximum atomic E-state index is 5.48. The molecular formula is C12H19BrO. The zero-order valence-electron chi connectivity index (χ0n) is 8.68. The van der Waals surface area contributed by atoms with Gasteiger partial charge in [0.15, 0.2) is 0 Å². The molecular weight excluding hydrogens is 240 g/mol. The molecule has 0 rings (SSSR count). The van der Waals surface area contributed by atoms with E-state index in [1.807, 2.05) is 6.08 Å². The van der Waals surface area contributed by atoms with Crippen molar-refractivity contribution in [2.45, 2.75) is 19.3 Å². The summed E-state index contributed by atoms with van der Waals surface area (Å²) < 4.78 is 5.48. The van der Waals surface area contributed by atoms with Crippen molar-refractivity contribution >= 4 is 15.9 Å². The van der Waals surface area contributed by atoms with Crippen LogP contribution in [-0.2, 0) is 4.74 Å². The molecule has 2 heteroatoms. The van der Waals surface area contributed by atoms with Crippen molar-refractivity contribution in [3.8, 4) is 0 Å². The molecule has 0 unspecified atom stereocenters. The van der Waals surface area contributed by atoms with E-state index in [0.717, 1.165) is 23.9 Å². The number of allylic oxidation sites excluding steroid dienone is 2. The fourth-order valence-corrected chi connectivity index (χ4v) is 1.39. The van der Waals surface area contributed by atoms with E-state index >= 15 is 0 Å². The highest BCUT2D eigenvalue weighted by Gasteiger charge is 1.92. The average Bonchev–Trinajstić information content (AvgIpc) is 2.21. The molecule has 1 nitrogen and oxygen atoms in total. The molecule has 0 amide bonds. The van der Waals surface area contributed by atoms with E-state index < -0.39 is 0 Å². The van der Waals surface area contributed by atoms with Crippen LogP contribution in [0.3, 0.4) is 0 Å². The van der Waals surface area contributed by atoms with Crippen LogP contribution in [0, 0.1) is 0 Å². The third-order valence-electron chi connectivity index (χ3n) is 1.79. The molecule has 0 bridgehead atoms. The van der Waals surface area contributed by atoms with Crippen molar-refractivity contribution in [2.75, 3.05) is 18.5 Å². The molecule has 0 aromatic heterocycles. The number of hydrogen-bond donors (Lipinski definition) is 0. The van der Waals surface area contributed by atoms with Gasteiger partial charge in [-0.3, -0.25) is 0 Å². The van der Waals surface area contributed by atoms with Crippen LogP contribution in [0.5, 0.6) is 0 Å². The monoisotopic (exact) mass is 258 g/mol. The summed E-state index contributed by atoms with van der Waals surface area (Å²) in [5.41, 5.74) is 1.08. The van der Waals surface area contributed by atoms with Crippen molar-refractivity contribution in [3.63, 3.8) is 0 Å². The summed E-state index contributed by atoms with van der Waals surface area (Å²) in [5, 5.41) is 1.08. The van der Waals surface area contributed by atoms with Gasteiger partial charge in [0.05, 0.1) is 6.61 Å². The van der Waals surface area contributed by atoms with Gasteiger partial charge in [-0.25, -0.2) is 0 Å². The van der Waals surface area contributed by atoms with Gasteiger partial charge in [0, 0.05) is 11.9 Å². The van der Waals surface area contributed by atoms with Gasteiger partial charge in [0.25, 0.3) is 0 Å². The maximum absolute atomic E-state index is 5.48. The van der Waals surface area contributed by atoms with Crippen LogP contribution in [0.1, 0.15) is 19.3 Å². The number of rotatable bonds is 9. The summed E-state index contributed by atoms with van der Waals surface area (Å²) in [6, 6.07) is 0. The molecule has 0 atom stereocenters. The number of hydrogen-bond acceptors (Lipinski definition) is 1. The predicted molar refractivity (Wildman–Crippen MR) is 66.9 cm³/mol. The van der Waals surface area contributed by atoms with Crippen LogP contribution >= 0.6 is 15.9 Å². The van der Waals surface area contributed by atoms with Crippen molar-refractivity contribution in [1.29, 1.82) is 0 Å². The molecule has 0 aliphatic heterocycles. The van der Waals surface area contributed by atoms with Gasteiger partial charge in [-0.2, -0.15) is 0 Å². The minimum Gasteiger partial charge on any atom is -0.377 e. The predicted octanol–water partition coefficient (Wildman–Crippen LogP) is 3.87. The Hall–Kier alpha value is -0.340. The molecule has 0 aliphatic rings. The summed E-state index contributed by atoms with van der Waals surface area (Å²) in [6.45, 7) is 8.81. The first-order chi connectivity index (χ1) is 6.85. The molecule has 0 radical (unpaired) electrons. The Morgan fingerprint density at radius 3 is 2.57 bits per heavy atom. The Kier molecular flexibility index (Phi) is 10.5. The molecule has 80 valence electrons. The van der Waals surface area contributed by atoms with Crippen LogP contribution in [-0.4, -0.2) is 18.5 Å². The van der Waals surface area contributed by atoms with Crippen LogP contribution in [0.2, 0.25) is 0 Å². The Morgan fingerprint density at radius 2 is 2.00 bits per heavy atom. The smallest absolute Gasteiger partial charge is 0.0716 e. The number of unbranched alkanes of at least 4 members (excludes halogenated alkanes) is 2. The standard InChI is InChI=1S/C12H19BrO/c1-3-8-12(4-2)11-14-10-7-5-6-9-13/h3-4,8H,1-2,5-7,9-11H2/b12-8+. The molecule has 0 spiro atoms. The molecule has 14 heavy (non-hydrogen) atoms. The average molecular weight is 259 g/mol. The third-order valence-corrected chi connectivity index (χ3v) is 2.35. The lowest BCUT2D eigenvalue weighted by atomic mass is 10.2. The zero-order chi connectivity index (χ0) is 10.6. The fraction of sp³-hybridized carbons (Fsp3) is 0.500. The van der Waals surface area contributed by atoms with Crippen molar-refractivity contribution < 1.29 is 4.74 Å². The minimum absolute atomic E-state index is 0.643. The molecule has 0 saturated carbocycles. The minimum atomic E-state index is 0.643. The van der Waals surface area contributed by atoms with Crippen LogP contribution < -0.4 is 0 Å². The summed E-state index contributed by atoms with van der Waals surface area (Å²) >= 11 is 3.40. The Morgan fingerprint density at radius 1 is 1.21 bits per heavy atom. The van der Waals surface area contributed by atoms with E-state index in [9.17, 15) is 0 Å². The highest BCUT2D eigenvalue weighted by atomic mass is 79.9. The Bertz CT molecular complexity index is 185. The molecule has 0 aromatic rings. The van der Waals surface area contributed by atoms with Crippen molar-refractivity contribution in [2.24, 2.45) is 0 Å². The number of alkyl halides is 1. The van der Waals surface area contributed by atoms with Gasteiger partial charge in [-0.15, -0.1) is 0 Å². The van der Waals surface area contributed by atoms with Crippen LogP contribution in [0.15, 0.2) is 37.0 Å². The molecule has 0 heterocycles. The number of ether oxygens (including phenoxy) is 1. The normalized spacial score (nSPS) is 11.4. The quantitative estimate of drug-likeness (QED) is 0.347. The van der Waals surface area contributed by atoms with Gasteiger partial charge < -0.3 is 4.74 Å². The summed E-state index contributed by atoms with van der Waals surface area (Å²) in [4.78, 5) is 0. The highest BCUT2D eigenvalue weighted by Crippen LogP contribution is 2.01. The Labute approximate surface area is 95.7 Å². The summed E-state index contributed by atoms with van der Waals surface area (Å²) in [6.07, 6.45) is 9.06. The first kappa shape index (κ1) is 13.7. The largest absolute Gasteiger partial charge is 0.377 e. The van der Waals surface area contributed by atoms with Crippen molar-refractivity contribution in [3.05, 3.63) is 37.0 Å². The van der Waals surface area contributed by atoms with Crippen LogP contribution in [0.25, 0.3) is 0 Å². The summed E-state index contributed by atoms with van der Waals surface area (Å²) in [5.74, 6) is 0. The van der Waals surface area contributed by atoms with Gasteiger partial charge in [0.2, 0.25) is 0 Å². The lowest BCUT2D eigenvalue weighted by Gasteiger charge is -2.03. The van der Waals surface area contributed by atoms with E-state index in [1.165, 1.54) is 12.8 Å². The second kappa shape index (κ2) is 10.7. The van der Waals surface area contributed by atoms with Gasteiger partial charge in [-0.05, 0) is 18.4 Å². The lowest BCUT2D eigenvalue weighted by Crippen LogP contribution is -1.98. The first-order valence-electron chi connectivity index (χ1n) is 4.93. The molecule has 0 saturated heterocycles. The van der Waals surface area contributed by atoms with E-state index in [0.29, 0.717) is 6.61 Å². The fourth-order valence-electron chi connectivity index (χ4n) is 0.992. The lowest BCUT2D eigenvalue weighted by molar-refractivity contribution is 0.153. The van der Waals surface area contributed by atoms with E-state index in [1.54, 1.807) is 12.2 Å². The van der Waals surface area contributed by atoms with Crippen LogP contribution in [0.4, 0.5) is 0 Å². The zero-order valence-corrected chi connectivity index (χ0v) is 10.3. The molecule has 0 fully saturated rings. The Balaban J connectivity index is 3.38. The molecule has 0 N–H and O–H groups in total.